The molecule has 1 amide bonds. The number of imidazole rings is 1. The molecular formula is C21H26F3N5O3. The number of pyridine rings is 1. The van der Waals surface area contributed by atoms with Gasteiger partial charge in [-0.25, -0.2) is 9.78 Å². The third kappa shape index (κ3) is 6.58. The van der Waals surface area contributed by atoms with Gasteiger partial charge in [-0.05, 0) is 38.7 Å². The Kier molecular flexibility index (Phi) is 8.41. The first-order valence-corrected chi connectivity index (χ1v) is 9.90. The van der Waals surface area contributed by atoms with Crippen molar-refractivity contribution in [3.05, 3.63) is 48.5 Å². The van der Waals surface area contributed by atoms with E-state index in [0.717, 1.165) is 36.4 Å². The Morgan fingerprint density at radius 3 is 2.47 bits per heavy atom. The van der Waals surface area contributed by atoms with Crippen molar-refractivity contribution in [2.45, 2.75) is 26.1 Å². The summed E-state index contributed by atoms with van der Waals surface area (Å²) in [6.07, 6.45) is 1.91. The van der Waals surface area contributed by atoms with Crippen LogP contribution in [0.2, 0.25) is 0 Å². The molecule has 0 unspecified atom stereocenters. The number of hydrogen-bond donors (Lipinski definition) is 2. The number of carbonyl (C=O) groups is 2. The molecule has 0 aromatic carbocycles. The zero-order valence-corrected chi connectivity index (χ0v) is 18.1. The van der Waals surface area contributed by atoms with Crippen LogP contribution in [0.1, 0.15) is 23.8 Å². The van der Waals surface area contributed by atoms with Gasteiger partial charge in [0.25, 0.3) is 5.91 Å². The highest BCUT2D eigenvalue weighted by Gasteiger charge is 2.38. The molecule has 0 aliphatic heterocycles. The summed E-state index contributed by atoms with van der Waals surface area (Å²) in [4.78, 5) is 28.1. The number of nitrogens with one attached hydrogen (secondary N) is 1. The van der Waals surface area contributed by atoms with Gasteiger partial charge >= 0.3 is 12.1 Å². The summed E-state index contributed by atoms with van der Waals surface area (Å²) in [7, 11) is 4.13. The second-order valence-electron chi connectivity index (χ2n) is 7.24. The molecular weight excluding hydrogens is 427 g/mol. The number of carboxylic acids is 1. The molecule has 0 saturated carbocycles. The Morgan fingerprint density at radius 1 is 1.19 bits per heavy atom. The lowest BCUT2D eigenvalue weighted by Gasteiger charge is -2.09. The maximum Gasteiger partial charge on any atom is 0.490 e. The predicted octanol–water partition coefficient (Wildman–Crippen LogP) is 3.14. The van der Waals surface area contributed by atoms with E-state index in [1.165, 1.54) is 0 Å². The number of halogens is 3. The first kappa shape index (κ1) is 24.9. The molecule has 0 spiro atoms. The fraction of sp³-hybridized carbons (Fsp3) is 0.381. The highest BCUT2D eigenvalue weighted by atomic mass is 19.4. The van der Waals surface area contributed by atoms with Gasteiger partial charge in [0.1, 0.15) is 5.82 Å². The molecule has 0 aliphatic rings. The monoisotopic (exact) mass is 453 g/mol. The number of nitrogens with zero attached hydrogens (tertiary/aromatic N) is 4. The molecule has 0 radical (unpaired) electrons. The molecule has 2 N–H and O–H groups in total. The summed E-state index contributed by atoms with van der Waals surface area (Å²) in [5.41, 5.74) is 2.31. The second-order valence-corrected chi connectivity index (χ2v) is 7.24. The molecule has 8 nitrogen and oxygen atoms in total. The van der Waals surface area contributed by atoms with E-state index in [1.807, 2.05) is 41.8 Å². The van der Waals surface area contributed by atoms with Gasteiger partial charge < -0.3 is 19.9 Å². The lowest BCUT2D eigenvalue weighted by molar-refractivity contribution is -0.192. The van der Waals surface area contributed by atoms with Crippen LogP contribution >= 0.6 is 0 Å². The number of hydrogen-bond acceptors (Lipinski definition) is 4. The summed E-state index contributed by atoms with van der Waals surface area (Å²) in [5.74, 6) is -2.09. The molecule has 3 aromatic rings. The second kappa shape index (κ2) is 10.8. The standard InChI is InChI=1S/C19H25N5O.C2HF3O2/c1-4-9-20-19(25)17-16-7-5-6-10-24(16)18(21-17)15-8-11-23(14-15)13-12-22(2)3;3-2(4,5)1(6)7/h5-8,10-11,14H,4,9,12-13H2,1-3H3,(H,20,25);(H,6,7). The number of carbonyl (C=O) groups excluding carboxylic acids is 1. The van der Waals surface area contributed by atoms with Crippen molar-refractivity contribution in [1.82, 2.24) is 24.2 Å². The van der Waals surface area contributed by atoms with Crippen LogP contribution in [-0.2, 0) is 11.3 Å². The Bertz CT molecular complexity index is 1060. The smallest absolute Gasteiger partial charge is 0.475 e. The highest BCUT2D eigenvalue weighted by molar-refractivity contribution is 6.00. The van der Waals surface area contributed by atoms with E-state index >= 15 is 0 Å². The van der Waals surface area contributed by atoms with E-state index in [2.05, 4.69) is 46.3 Å². The van der Waals surface area contributed by atoms with Crippen LogP contribution in [0.5, 0.6) is 0 Å². The average molecular weight is 453 g/mol. The van der Waals surface area contributed by atoms with Gasteiger partial charge in [0.15, 0.2) is 5.69 Å². The minimum absolute atomic E-state index is 0.121. The predicted molar refractivity (Wildman–Crippen MR) is 113 cm³/mol. The Hall–Kier alpha value is -3.34. The van der Waals surface area contributed by atoms with Crippen molar-refractivity contribution in [3.63, 3.8) is 0 Å². The van der Waals surface area contributed by atoms with Crippen molar-refractivity contribution in [2.75, 3.05) is 27.2 Å². The molecule has 0 aliphatic carbocycles. The van der Waals surface area contributed by atoms with E-state index < -0.39 is 12.1 Å². The summed E-state index contributed by atoms with van der Waals surface area (Å²) in [6, 6.07) is 7.86. The van der Waals surface area contributed by atoms with Crippen molar-refractivity contribution in [2.24, 2.45) is 0 Å². The molecule has 174 valence electrons. The van der Waals surface area contributed by atoms with Crippen LogP contribution in [-0.4, -0.2) is 69.2 Å². The number of aromatic nitrogens is 3. The Balaban J connectivity index is 0.000000451. The molecule has 0 bridgehead atoms. The molecule has 3 aromatic heterocycles. The van der Waals surface area contributed by atoms with Crippen LogP contribution in [0.4, 0.5) is 13.2 Å². The SMILES string of the molecule is CCCNC(=O)c1nc(-c2ccn(CCN(C)C)c2)n2ccccc12.O=C(O)C(F)(F)F. The van der Waals surface area contributed by atoms with E-state index in [9.17, 15) is 18.0 Å². The average Bonchev–Trinajstić information content (AvgIpc) is 3.35. The number of aliphatic carboxylic acids is 1. The third-order valence-corrected chi connectivity index (χ3v) is 4.36. The molecule has 3 heterocycles. The summed E-state index contributed by atoms with van der Waals surface area (Å²) < 4.78 is 35.9. The fourth-order valence-corrected chi connectivity index (χ4v) is 2.76. The number of carboxylic acid groups (broad SMARTS) is 1. The van der Waals surface area contributed by atoms with Crippen molar-refractivity contribution in [1.29, 1.82) is 0 Å². The topological polar surface area (TPSA) is 91.9 Å². The van der Waals surface area contributed by atoms with Crippen LogP contribution < -0.4 is 5.32 Å². The van der Waals surface area contributed by atoms with Crippen LogP contribution in [0.15, 0.2) is 42.9 Å². The van der Waals surface area contributed by atoms with E-state index in [-0.39, 0.29) is 5.91 Å². The highest BCUT2D eigenvalue weighted by Crippen LogP contribution is 2.23. The van der Waals surface area contributed by atoms with Gasteiger partial charge in [-0.15, -0.1) is 0 Å². The summed E-state index contributed by atoms with van der Waals surface area (Å²) >= 11 is 0. The van der Waals surface area contributed by atoms with Gasteiger partial charge in [-0.2, -0.15) is 13.2 Å². The van der Waals surface area contributed by atoms with Gasteiger partial charge in [-0.1, -0.05) is 13.0 Å². The van der Waals surface area contributed by atoms with Crippen LogP contribution in [0, 0.1) is 0 Å². The molecule has 3 rings (SSSR count). The van der Waals surface area contributed by atoms with Gasteiger partial charge in [0.2, 0.25) is 0 Å². The lowest BCUT2D eigenvalue weighted by atomic mass is 10.3. The van der Waals surface area contributed by atoms with Crippen molar-refractivity contribution < 1.29 is 27.9 Å². The zero-order valence-electron chi connectivity index (χ0n) is 18.1. The maximum atomic E-state index is 12.4. The summed E-state index contributed by atoms with van der Waals surface area (Å²) in [6.45, 7) is 4.58. The molecule has 0 saturated heterocycles. The van der Waals surface area contributed by atoms with Gasteiger partial charge in [0.05, 0.1) is 5.52 Å². The molecule has 32 heavy (non-hydrogen) atoms. The van der Waals surface area contributed by atoms with E-state index in [4.69, 9.17) is 9.90 Å². The number of fused-ring (bicyclic) bond motifs is 1. The Morgan fingerprint density at radius 2 is 1.88 bits per heavy atom. The molecule has 0 fully saturated rings. The van der Waals surface area contributed by atoms with Gasteiger partial charge in [-0.3, -0.25) is 9.20 Å². The maximum absolute atomic E-state index is 12.4. The lowest BCUT2D eigenvalue weighted by Crippen LogP contribution is -2.24. The van der Waals surface area contributed by atoms with Crippen LogP contribution in [0.25, 0.3) is 16.9 Å². The Labute approximate surface area is 183 Å². The number of rotatable bonds is 7. The first-order valence-electron chi connectivity index (χ1n) is 9.90. The largest absolute Gasteiger partial charge is 0.490 e. The summed E-state index contributed by atoms with van der Waals surface area (Å²) in [5, 5.41) is 10.0. The number of amides is 1. The molecule has 11 heteroatoms. The first-order chi connectivity index (χ1) is 15.0. The van der Waals surface area contributed by atoms with Crippen molar-refractivity contribution >= 4 is 17.4 Å². The third-order valence-electron chi connectivity index (χ3n) is 4.36. The quantitative estimate of drug-likeness (QED) is 0.574. The minimum atomic E-state index is -5.08. The van der Waals surface area contributed by atoms with Crippen molar-refractivity contribution in [3.8, 4) is 11.4 Å². The molecule has 0 atom stereocenters. The normalized spacial score (nSPS) is 11.3. The van der Waals surface area contributed by atoms with E-state index in [0.29, 0.717) is 12.2 Å². The fourth-order valence-electron chi connectivity index (χ4n) is 2.76. The number of likely N-dealkylation sites (N-methyl/N-ethyl adjacent to an activating group) is 1. The minimum Gasteiger partial charge on any atom is -0.475 e. The van der Waals surface area contributed by atoms with Gasteiger partial charge in [0, 0.05) is 43.8 Å². The zero-order chi connectivity index (χ0) is 23.9. The van der Waals surface area contributed by atoms with E-state index in [1.54, 1.807) is 0 Å². The van der Waals surface area contributed by atoms with Crippen LogP contribution in [0.3, 0.4) is 0 Å². The number of alkyl halides is 3.